The van der Waals surface area contributed by atoms with Crippen LogP contribution in [0.15, 0.2) is 54.6 Å². The average Bonchev–Trinajstić information content (AvgIpc) is 2.61. The maximum Gasteiger partial charge on any atom is 0.410 e. The van der Waals surface area contributed by atoms with Crippen molar-refractivity contribution in [1.29, 1.82) is 0 Å². The smallest absolute Gasteiger partial charge is 0.410 e. The van der Waals surface area contributed by atoms with E-state index in [0.717, 1.165) is 17.7 Å². The molecule has 4 heteroatoms. The molecular formula is C23H32N2O2. The number of benzene rings is 2. The summed E-state index contributed by atoms with van der Waals surface area (Å²) in [6.07, 6.45) is -0.309. The van der Waals surface area contributed by atoms with Crippen molar-refractivity contribution in [3.8, 4) is 11.1 Å². The zero-order valence-electron chi connectivity index (χ0n) is 17.4. The summed E-state index contributed by atoms with van der Waals surface area (Å²) in [5, 5.41) is 3.17. The fourth-order valence-electron chi connectivity index (χ4n) is 3.29. The highest BCUT2D eigenvalue weighted by molar-refractivity contribution is 5.68. The Bertz CT molecular complexity index is 737. The van der Waals surface area contributed by atoms with Gasteiger partial charge in [-0.2, -0.15) is 0 Å². The van der Waals surface area contributed by atoms with Crippen LogP contribution in [0.1, 0.15) is 33.3 Å². The highest BCUT2D eigenvalue weighted by Gasteiger charge is 2.29. The van der Waals surface area contributed by atoms with Gasteiger partial charge in [-0.15, -0.1) is 0 Å². The Morgan fingerprint density at radius 2 is 1.52 bits per heavy atom. The molecular weight excluding hydrogens is 336 g/mol. The summed E-state index contributed by atoms with van der Waals surface area (Å²) in [6.45, 7) is 9.55. The Morgan fingerprint density at radius 3 is 2.07 bits per heavy atom. The molecule has 0 fully saturated rings. The minimum atomic E-state index is -0.701. The topological polar surface area (TPSA) is 41.6 Å². The van der Waals surface area contributed by atoms with Crippen molar-refractivity contribution in [3.05, 3.63) is 60.2 Å². The summed E-state index contributed by atoms with van der Waals surface area (Å²) in [6, 6.07) is 18.4. The van der Waals surface area contributed by atoms with Gasteiger partial charge >= 0.3 is 6.09 Å². The highest BCUT2D eigenvalue weighted by Crippen LogP contribution is 2.28. The number of nitrogens with zero attached hydrogens (tertiary/aromatic N) is 1. The largest absolute Gasteiger partial charge is 0.439 e. The van der Waals surface area contributed by atoms with Crippen molar-refractivity contribution in [2.75, 3.05) is 27.2 Å². The van der Waals surface area contributed by atoms with Gasteiger partial charge in [0, 0.05) is 20.1 Å². The van der Waals surface area contributed by atoms with Crippen LogP contribution >= 0.6 is 0 Å². The molecule has 2 aromatic carbocycles. The van der Waals surface area contributed by atoms with Crippen molar-refractivity contribution in [1.82, 2.24) is 10.2 Å². The molecule has 1 amide bonds. The molecule has 0 heterocycles. The molecule has 0 aliphatic rings. The first-order valence-electron chi connectivity index (χ1n) is 9.39. The molecule has 0 saturated carbocycles. The number of carbonyl (C=O) groups excluding carboxylic acids is 1. The first-order chi connectivity index (χ1) is 12.6. The number of rotatable bonds is 7. The minimum absolute atomic E-state index is 0.0238. The molecule has 0 saturated heterocycles. The Hall–Kier alpha value is -2.33. The maximum atomic E-state index is 12.6. The quantitative estimate of drug-likeness (QED) is 0.755. The normalized spacial score (nSPS) is 11.9. The molecule has 2 aromatic rings. The van der Waals surface area contributed by atoms with E-state index in [1.54, 1.807) is 11.9 Å². The van der Waals surface area contributed by atoms with E-state index in [1.807, 2.05) is 51.2 Å². The van der Waals surface area contributed by atoms with Crippen molar-refractivity contribution in [2.24, 2.45) is 5.41 Å². The molecule has 0 aliphatic carbocycles. The van der Waals surface area contributed by atoms with E-state index in [9.17, 15) is 4.79 Å². The Balaban J connectivity index is 2.06. The molecule has 0 radical (unpaired) electrons. The van der Waals surface area contributed by atoms with Gasteiger partial charge in [-0.3, -0.25) is 0 Å². The number of amides is 1. The van der Waals surface area contributed by atoms with Gasteiger partial charge in [0.15, 0.2) is 0 Å². The fourth-order valence-corrected chi connectivity index (χ4v) is 3.29. The van der Waals surface area contributed by atoms with Gasteiger partial charge in [0.05, 0.1) is 0 Å². The van der Waals surface area contributed by atoms with Gasteiger partial charge in [-0.05, 0) is 43.0 Å². The average molecular weight is 369 g/mol. The molecule has 27 heavy (non-hydrogen) atoms. The summed E-state index contributed by atoms with van der Waals surface area (Å²) in [7, 11) is 3.70. The number of nitrogens with one attached hydrogen (secondary N) is 1. The van der Waals surface area contributed by atoms with Crippen LogP contribution < -0.4 is 5.32 Å². The zero-order chi connectivity index (χ0) is 20.1. The predicted molar refractivity (Wildman–Crippen MR) is 112 cm³/mol. The first-order valence-corrected chi connectivity index (χ1v) is 9.39. The molecule has 0 aromatic heterocycles. The lowest BCUT2D eigenvalue weighted by molar-refractivity contribution is 0.00993. The van der Waals surface area contributed by atoms with Gasteiger partial charge in [-0.25, -0.2) is 4.79 Å². The number of hydrogen-bond donors (Lipinski definition) is 1. The van der Waals surface area contributed by atoms with Crippen molar-refractivity contribution in [2.45, 2.75) is 33.3 Å². The molecule has 0 spiro atoms. The predicted octanol–water partition coefficient (Wildman–Crippen LogP) is 4.90. The molecule has 0 bridgehead atoms. The second-order valence-electron chi connectivity index (χ2n) is 8.37. The van der Waals surface area contributed by atoms with Crippen molar-refractivity contribution < 1.29 is 9.53 Å². The summed E-state index contributed by atoms with van der Waals surface area (Å²) in [5.41, 5.74) is 2.56. The van der Waals surface area contributed by atoms with Gasteiger partial charge in [0.1, 0.15) is 5.60 Å². The SMILES string of the molecule is CNCC(C)(C)CN(C)C(=O)OC(C)(C)c1ccc(-c2ccccc2)cc1. The molecule has 0 atom stereocenters. The summed E-state index contributed by atoms with van der Waals surface area (Å²) in [4.78, 5) is 14.2. The number of ether oxygens (including phenoxy) is 1. The summed E-state index contributed by atoms with van der Waals surface area (Å²) < 4.78 is 5.82. The standard InChI is InChI=1S/C23H32N2O2/c1-22(2,16-24-5)17-25(6)21(26)27-23(3,4)20-14-12-19(13-15-20)18-10-8-7-9-11-18/h7-15,24H,16-17H2,1-6H3. The lowest BCUT2D eigenvalue weighted by atomic mass is 9.93. The third-order valence-corrected chi connectivity index (χ3v) is 4.66. The third kappa shape index (κ3) is 5.83. The van der Waals surface area contributed by atoms with E-state index in [4.69, 9.17) is 4.74 Å². The molecule has 146 valence electrons. The second-order valence-corrected chi connectivity index (χ2v) is 8.37. The molecule has 1 N–H and O–H groups in total. The van der Waals surface area contributed by atoms with Crippen LogP contribution in [0.3, 0.4) is 0 Å². The van der Waals surface area contributed by atoms with Gasteiger partial charge < -0.3 is 15.0 Å². The first kappa shape index (κ1) is 21.0. The van der Waals surface area contributed by atoms with E-state index < -0.39 is 5.60 Å². The van der Waals surface area contributed by atoms with Crippen LogP contribution in [0.25, 0.3) is 11.1 Å². The minimum Gasteiger partial charge on any atom is -0.439 e. The van der Waals surface area contributed by atoms with Crippen LogP contribution in [0, 0.1) is 5.41 Å². The van der Waals surface area contributed by atoms with Crippen molar-refractivity contribution >= 4 is 6.09 Å². The fraction of sp³-hybridized carbons (Fsp3) is 0.435. The zero-order valence-corrected chi connectivity index (χ0v) is 17.4. The van der Waals surface area contributed by atoms with Gasteiger partial charge in [0.2, 0.25) is 0 Å². The van der Waals surface area contributed by atoms with E-state index >= 15 is 0 Å². The summed E-state index contributed by atoms with van der Waals surface area (Å²) >= 11 is 0. The third-order valence-electron chi connectivity index (χ3n) is 4.66. The van der Waals surface area contributed by atoms with E-state index in [2.05, 4.69) is 43.4 Å². The monoisotopic (exact) mass is 368 g/mol. The van der Waals surface area contributed by atoms with Crippen LogP contribution in [0.5, 0.6) is 0 Å². The van der Waals surface area contributed by atoms with Crippen LogP contribution in [0.2, 0.25) is 0 Å². The molecule has 2 rings (SSSR count). The van der Waals surface area contributed by atoms with Gasteiger partial charge in [0.25, 0.3) is 0 Å². The summed E-state index contributed by atoms with van der Waals surface area (Å²) in [5.74, 6) is 0. The van der Waals surface area contributed by atoms with Crippen LogP contribution in [0.4, 0.5) is 4.79 Å². The van der Waals surface area contributed by atoms with E-state index in [0.29, 0.717) is 6.54 Å². The van der Waals surface area contributed by atoms with Gasteiger partial charge in [-0.1, -0.05) is 68.4 Å². The van der Waals surface area contributed by atoms with E-state index in [1.165, 1.54) is 5.56 Å². The molecule has 4 nitrogen and oxygen atoms in total. The van der Waals surface area contributed by atoms with E-state index in [-0.39, 0.29) is 11.5 Å². The molecule has 0 aliphatic heterocycles. The lowest BCUT2D eigenvalue weighted by Crippen LogP contribution is -2.42. The molecule has 0 unspecified atom stereocenters. The highest BCUT2D eigenvalue weighted by atomic mass is 16.6. The van der Waals surface area contributed by atoms with Crippen LogP contribution in [-0.2, 0) is 10.3 Å². The second kappa shape index (κ2) is 8.57. The number of hydrogen-bond acceptors (Lipinski definition) is 3. The number of carbonyl (C=O) groups is 1. The maximum absolute atomic E-state index is 12.6. The Labute approximate surface area is 163 Å². The van der Waals surface area contributed by atoms with Crippen molar-refractivity contribution in [3.63, 3.8) is 0 Å². The lowest BCUT2D eigenvalue weighted by Gasteiger charge is -2.33. The Morgan fingerprint density at radius 1 is 0.963 bits per heavy atom. The van der Waals surface area contributed by atoms with Crippen LogP contribution in [-0.4, -0.2) is 38.2 Å². The Kier molecular flexibility index (Phi) is 6.66.